The summed E-state index contributed by atoms with van der Waals surface area (Å²) in [7, 11) is 0. The van der Waals surface area contributed by atoms with Crippen molar-refractivity contribution in [3.8, 4) is 11.4 Å². The van der Waals surface area contributed by atoms with Crippen LogP contribution in [-0.4, -0.2) is 25.7 Å². The number of hydrogen-bond donors (Lipinski definition) is 2. The smallest absolute Gasteiger partial charge is 0.240 e. The summed E-state index contributed by atoms with van der Waals surface area (Å²) >= 11 is 0. The number of nitrogens with zero attached hydrogens (tertiary/aromatic N) is 3. The lowest BCUT2D eigenvalue weighted by molar-refractivity contribution is -0.121. The zero-order chi connectivity index (χ0) is 17.9. The number of fused-ring (bicyclic) bond motifs is 1. The van der Waals surface area contributed by atoms with Gasteiger partial charge in [0.15, 0.2) is 5.82 Å². The van der Waals surface area contributed by atoms with E-state index in [-0.39, 0.29) is 5.91 Å². The van der Waals surface area contributed by atoms with Gasteiger partial charge in [0, 0.05) is 23.3 Å². The number of benzene rings is 2. The highest BCUT2D eigenvalue weighted by molar-refractivity contribution is 5.84. The summed E-state index contributed by atoms with van der Waals surface area (Å²) < 4.78 is 2.04. The maximum absolute atomic E-state index is 12.4. The number of aryl methyl sites for hydroxylation is 1. The van der Waals surface area contributed by atoms with Gasteiger partial charge in [0.05, 0.1) is 0 Å². The van der Waals surface area contributed by atoms with E-state index in [1.807, 2.05) is 54.0 Å². The molecule has 4 rings (SSSR count). The molecule has 1 amide bonds. The van der Waals surface area contributed by atoms with Gasteiger partial charge in [0.2, 0.25) is 5.91 Å². The molecular formula is C20H19N5O. The average molecular weight is 345 g/mol. The van der Waals surface area contributed by atoms with E-state index in [1.165, 1.54) is 6.33 Å². The highest BCUT2D eigenvalue weighted by atomic mass is 16.1. The lowest BCUT2D eigenvalue weighted by atomic mass is 10.1. The maximum atomic E-state index is 12.4. The molecule has 0 aliphatic heterocycles. The Labute approximate surface area is 150 Å². The zero-order valence-corrected chi connectivity index (χ0v) is 14.4. The van der Waals surface area contributed by atoms with E-state index in [9.17, 15) is 4.79 Å². The maximum Gasteiger partial charge on any atom is 0.240 e. The molecule has 26 heavy (non-hydrogen) atoms. The summed E-state index contributed by atoms with van der Waals surface area (Å²) in [6, 6.07) is 18.1. The third-order valence-corrected chi connectivity index (χ3v) is 4.42. The summed E-state index contributed by atoms with van der Waals surface area (Å²) in [5.74, 6) is 0.701. The van der Waals surface area contributed by atoms with Crippen LogP contribution in [0, 0.1) is 6.92 Å². The van der Waals surface area contributed by atoms with Crippen molar-refractivity contribution in [2.24, 2.45) is 0 Å². The Hall–Kier alpha value is -3.41. The summed E-state index contributed by atoms with van der Waals surface area (Å²) in [5, 5.41) is 10.9. The van der Waals surface area contributed by atoms with Gasteiger partial charge in [0.1, 0.15) is 12.9 Å². The van der Waals surface area contributed by atoms with E-state index in [4.69, 9.17) is 0 Å². The predicted octanol–water partition coefficient (Wildman–Crippen LogP) is 3.05. The first-order chi connectivity index (χ1) is 12.7. The fourth-order valence-corrected chi connectivity index (χ4v) is 3.13. The van der Waals surface area contributed by atoms with Gasteiger partial charge >= 0.3 is 0 Å². The normalized spacial score (nSPS) is 11.0. The number of carbonyl (C=O) groups excluding carboxylic acids is 1. The lowest BCUT2D eigenvalue weighted by Crippen LogP contribution is -2.27. The van der Waals surface area contributed by atoms with Gasteiger partial charge in [-0.3, -0.25) is 9.89 Å². The highest BCUT2D eigenvalue weighted by Gasteiger charge is 2.09. The molecule has 0 spiro atoms. The Morgan fingerprint density at radius 2 is 2.04 bits per heavy atom. The Morgan fingerprint density at radius 3 is 2.88 bits per heavy atom. The third-order valence-electron chi connectivity index (χ3n) is 4.42. The van der Waals surface area contributed by atoms with Crippen LogP contribution in [0.5, 0.6) is 0 Å². The summed E-state index contributed by atoms with van der Waals surface area (Å²) in [6.07, 6.45) is 1.48. The molecule has 2 aromatic heterocycles. The Morgan fingerprint density at radius 1 is 1.15 bits per heavy atom. The van der Waals surface area contributed by atoms with Crippen LogP contribution in [-0.2, 0) is 17.9 Å². The summed E-state index contributed by atoms with van der Waals surface area (Å²) in [5.41, 5.74) is 4.11. The molecule has 0 unspecified atom stereocenters. The monoisotopic (exact) mass is 345 g/mol. The predicted molar refractivity (Wildman–Crippen MR) is 100 cm³/mol. The minimum atomic E-state index is -0.0143. The van der Waals surface area contributed by atoms with Gasteiger partial charge in [-0.2, -0.15) is 5.10 Å². The molecule has 0 saturated carbocycles. The molecule has 2 N–H and O–H groups in total. The molecular weight excluding hydrogens is 326 g/mol. The molecule has 0 bridgehead atoms. The number of rotatable bonds is 5. The van der Waals surface area contributed by atoms with E-state index in [2.05, 4.69) is 32.6 Å². The first-order valence-corrected chi connectivity index (χ1v) is 8.47. The molecule has 4 aromatic rings. The molecule has 0 fully saturated rings. The molecule has 0 saturated heterocycles. The number of para-hydroxylation sites is 1. The largest absolute Gasteiger partial charge is 0.350 e. The van der Waals surface area contributed by atoms with Crippen LogP contribution < -0.4 is 5.32 Å². The van der Waals surface area contributed by atoms with Crippen molar-refractivity contribution in [1.29, 1.82) is 0 Å². The van der Waals surface area contributed by atoms with Gasteiger partial charge in [-0.25, -0.2) is 4.98 Å². The first-order valence-electron chi connectivity index (χ1n) is 8.47. The molecule has 6 heteroatoms. The van der Waals surface area contributed by atoms with Crippen LogP contribution in [0.15, 0.2) is 60.9 Å². The molecule has 0 aliphatic rings. The van der Waals surface area contributed by atoms with Crippen molar-refractivity contribution in [2.45, 2.75) is 20.0 Å². The van der Waals surface area contributed by atoms with E-state index in [0.717, 1.165) is 27.7 Å². The molecule has 6 nitrogen and oxygen atoms in total. The fraction of sp³-hybridized carbons (Fsp3) is 0.150. The van der Waals surface area contributed by atoms with Crippen molar-refractivity contribution in [3.63, 3.8) is 0 Å². The summed E-state index contributed by atoms with van der Waals surface area (Å²) in [4.78, 5) is 16.6. The highest BCUT2D eigenvalue weighted by Crippen LogP contribution is 2.19. The number of aromatic amines is 1. The van der Waals surface area contributed by atoms with Gasteiger partial charge in [-0.05, 0) is 36.1 Å². The van der Waals surface area contributed by atoms with Gasteiger partial charge in [-0.1, -0.05) is 36.4 Å². The average Bonchev–Trinajstić information content (AvgIpc) is 3.29. The number of aromatic nitrogens is 4. The van der Waals surface area contributed by atoms with E-state index >= 15 is 0 Å². The number of amides is 1. The second-order valence-electron chi connectivity index (χ2n) is 6.24. The van der Waals surface area contributed by atoms with Crippen molar-refractivity contribution < 1.29 is 4.79 Å². The van der Waals surface area contributed by atoms with Gasteiger partial charge < -0.3 is 9.88 Å². The SMILES string of the molecule is Cc1cc2ccccc2n1CC(=O)NCc1cccc(-c2ncn[nH]2)c1. The number of nitrogens with one attached hydrogen (secondary N) is 2. The van der Waals surface area contributed by atoms with Crippen LogP contribution in [0.3, 0.4) is 0 Å². The standard InChI is InChI=1S/C20H19N5O/c1-14-9-16-6-2-3-8-18(16)25(14)12-19(26)21-11-15-5-4-7-17(10-15)20-22-13-23-24-20/h2-10,13H,11-12H2,1H3,(H,21,26)(H,22,23,24). The zero-order valence-electron chi connectivity index (χ0n) is 14.4. The molecule has 130 valence electrons. The number of hydrogen-bond acceptors (Lipinski definition) is 3. The molecule has 2 heterocycles. The second kappa shape index (κ2) is 6.84. The van der Waals surface area contributed by atoms with Crippen LogP contribution >= 0.6 is 0 Å². The summed E-state index contributed by atoms with van der Waals surface area (Å²) in [6.45, 7) is 2.80. The Balaban J connectivity index is 1.44. The first kappa shape index (κ1) is 16.1. The van der Waals surface area contributed by atoms with Crippen LogP contribution in [0.2, 0.25) is 0 Å². The quantitative estimate of drug-likeness (QED) is 0.584. The van der Waals surface area contributed by atoms with Crippen molar-refractivity contribution in [2.75, 3.05) is 0 Å². The van der Waals surface area contributed by atoms with Gasteiger partial charge in [-0.15, -0.1) is 0 Å². The molecule has 0 aliphatic carbocycles. The third kappa shape index (κ3) is 3.21. The van der Waals surface area contributed by atoms with E-state index in [1.54, 1.807) is 0 Å². The fourth-order valence-electron chi connectivity index (χ4n) is 3.13. The van der Waals surface area contributed by atoms with Crippen LogP contribution in [0.4, 0.5) is 0 Å². The van der Waals surface area contributed by atoms with Crippen molar-refractivity contribution in [3.05, 3.63) is 72.2 Å². The van der Waals surface area contributed by atoms with Gasteiger partial charge in [0.25, 0.3) is 0 Å². The van der Waals surface area contributed by atoms with Crippen molar-refractivity contribution >= 4 is 16.8 Å². The number of H-pyrrole nitrogens is 1. The van der Waals surface area contributed by atoms with E-state index < -0.39 is 0 Å². The van der Waals surface area contributed by atoms with Crippen molar-refractivity contribution in [1.82, 2.24) is 25.1 Å². The van der Waals surface area contributed by atoms with Crippen LogP contribution in [0.25, 0.3) is 22.3 Å². The number of carbonyl (C=O) groups is 1. The second-order valence-corrected chi connectivity index (χ2v) is 6.24. The Kier molecular flexibility index (Phi) is 4.23. The molecule has 0 radical (unpaired) electrons. The topological polar surface area (TPSA) is 75.6 Å². The van der Waals surface area contributed by atoms with E-state index in [0.29, 0.717) is 18.9 Å². The minimum Gasteiger partial charge on any atom is -0.350 e. The molecule has 2 aromatic carbocycles. The van der Waals surface area contributed by atoms with Crippen LogP contribution in [0.1, 0.15) is 11.3 Å². The molecule has 0 atom stereocenters. The lowest BCUT2D eigenvalue weighted by Gasteiger charge is -2.10. The Bertz CT molecular complexity index is 1050. The minimum absolute atomic E-state index is 0.0143.